The monoisotopic (exact) mass is 565 g/mol. The fraction of sp³-hybridized carbons (Fsp3) is 0.452. The molecule has 3 fully saturated rings. The smallest absolute Gasteiger partial charge is 0.246 e. The first-order valence-electron chi connectivity index (χ1n) is 14.0. The molecule has 2 aromatic rings. The highest BCUT2D eigenvalue weighted by Crippen LogP contribution is 2.55. The lowest BCUT2D eigenvalue weighted by Crippen LogP contribution is -2.57. The third-order valence-corrected chi connectivity index (χ3v) is 9.59. The quantitative estimate of drug-likeness (QED) is 0.497. The Hall–Kier alpha value is -3.23. The molecule has 9 heteroatoms. The highest BCUT2D eigenvalue weighted by Gasteiger charge is 2.72. The second-order valence-electron chi connectivity index (χ2n) is 11.6. The van der Waals surface area contributed by atoms with E-state index in [0.29, 0.717) is 22.2 Å². The fourth-order valence-electron chi connectivity index (χ4n) is 7.09. The molecule has 210 valence electrons. The zero-order chi connectivity index (χ0) is 28.2. The van der Waals surface area contributed by atoms with Crippen molar-refractivity contribution in [2.45, 2.75) is 63.4 Å². The van der Waals surface area contributed by atoms with E-state index >= 15 is 0 Å². The van der Waals surface area contributed by atoms with E-state index in [1.165, 1.54) is 11.0 Å². The van der Waals surface area contributed by atoms with Crippen molar-refractivity contribution in [3.63, 3.8) is 0 Å². The van der Waals surface area contributed by atoms with Crippen LogP contribution in [0.2, 0.25) is 5.02 Å². The molecule has 2 bridgehead atoms. The van der Waals surface area contributed by atoms with Crippen LogP contribution < -0.4 is 10.6 Å². The van der Waals surface area contributed by atoms with Crippen molar-refractivity contribution in [2.75, 3.05) is 5.32 Å². The average Bonchev–Trinajstić information content (AvgIpc) is 3.55. The van der Waals surface area contributed by atoms with Gasteiger partial charge in [-0.15, -0.1) is 0 Å². The van der Waals surface area contributed by atoms with Crippen LogP contribution in [0.3, 0.4) is 0 Å². The molecule has 1 saturated carbocycles. The summed E-state index contributed by atoms with van der Waals surface area (Å²) in [6.07, 6.45) is 5.85. The Morgan fingerprint density at radius 3 is 2.70 bits per heavy atom. The van der Waals surface area contributed by atoms with E-state index in [-0.39, 0.29) is 24.4 Å². The lowest BCUT2D eigenvalue weighted by atomic mass is 9.73. The molecule has 1 aliphatic carbocycles. The van der Waals surface area contributed by atoms with E-state index in [1.54, 1.807) is 54.6 Å². The predicted molar refractivity (Wildman–Crippen MR) is 149 cm³/mol. The van der Waals surface area contributed by atoms with Crippen molar-refractivity contribution in [3.8, 4) is 0 Å². The van der Waals surface area contributed by atoms with Crippen LogP contribution in [-0.4, -0.2) is 46.4 Å². The number of nitrogens with zero attached hydrogens (tertiary/aromatic N) is 1. The van der Waals surface area contributed by atoms with Crippen LogP contribution in [0, 0.1) is 29.5 Å². The van der Waals surface area contributed by atoms with Gasteiger partial charge >= 0.3 is 0 Å². The Morgan fingerprint density at radius 2 is 1.93 bits per heavy atom. The second-order valence-corrected chi connectivity index (χ2v) is 12.1. The summed E-state index contributed by atoms with van der Waals surface area (Å²) in [5.74, 6) is -2.63. The fourth-order valence-corrected chi connectivity index (χ4v) is 7.28. The van der Waals surface area contributed by atoms with Crippen LogP contribution in [0.25, 0.3) is 0 Å². The second kappa shape index (κ2) is 10.3. The van der Waals surface area contributed by atoms with Gasteiger partial charge in [-0.1, -0.05) is 74.7 Å². The summed E-state index contributed by atoms with van der Waals surface area (Å²) in [7, 11) is 0. The van der Waals surface area contributed by atoms with Gasteiger partial charge in [0.05, 0.1) is 17.9 Å². The number of halogens is 2. The van der Waals surface area contributed by atoms with Gasteiger partial charge in [0.2, 0.25) is 17.7 Å². The van der Waals surface area contributed by atoms with Crippen molar-refractivity contribution in [2.24, 2.45) is 23.7 Å². The number of nitrogens with one attached hydrogen (secondary N) is 2. The van der Waals surface area contributed by atoms with Crippen molar-refractivity contribution >= 4 is 35.0 Å². The zero-order valence-corrected chi connectivity index (χ0v) is 23.2. The van der Waals surface area contributed by atoms with E-state index in [0.717, 1.165) is 19.3 Å². The number of amides is 3. The molecular formula is C31H33ClFN3O4. The number of hydrogen-bond acceptors (Lipinski definition) is 4. The summed E-state index contributed by atoms with van der Waals surface area (Å²) in [4.78, 5) is 43.2. The van der Waals surface area contributed by atoms with Gasteiger partial charge in [0, 0.05) is 28.9 Å². The van der Waals surface area contributed by atoms with E-state index < -0.39 is 47.2 Å². The first kappa shape index (κ1) is 27.0. The molecule has 0 aromatic heterocycles. The Labute approximate surface area is 238 Å². The van der Waals surface area contributed by atoms with Gasteiger partial charge in [-0.25, -0.2) is 4.39 Å². The largest absolute Gasteiger partial charge is 0.359 e. The minimum atomic E-state index is -1.32. The number of fused-ring (bicyclic) bond motifs is 1. The maximum absolute atomic E-state index is 14.8. The highest BCUT2D eigenvalue weighted by molar-refractivity contribution is 6.30. The summed E-state index contributed by atoms with van der Waals surface area (Å²) in [6.45, 7) is 4.22. The number of likely N-dealkylation sites (tertiary alicyclic amines) is 1. The van der Waals surface area contributed by atoms with Crippen LogP contribution in [0.1, 0.15) is 38.7 Å². The summed E-state index contributed by atoms with van der Waals surface area (Å²) in [6, 6.07) is 11.9. The summed E-state index contributed by atoms with van der Waals surface area (Å²) >= 11 is 6.10. The third kappa shape index (κ3) is 4.41. The van der Waals surface area contributed by atoms with Crippen LogP contribution in [0.5, 0.6) is 0 Å². The third-order valence-electron chi connectivity index (χ3n) is 9.35. The minimum Gasteiger partial charge on any atom is -0.359 e. The molecule has 6 rings (SSSR count). The van der Waals surface area contributed by atoms with E-state index in [2.05, 4.69) is 24.5 Å². The number of ether oxygens (including phenoxy) is 1. The molecule has 0 unspecified atom stereocenters. The number of benzene rings is 2. The molecule has 40 heavy (non-hydrogen) atoms. The van der Waals surface area contributed by atoms with Crippen molar-refractivity contribution in [3.05, 3.63) is 77.1 Å². The summed E-state index contributed by atoms with van der Waals surface area (Å²) in [5, 5.41) is 6.55. The molecule has 3 aliphatic heterocycles. The molecule has 2 N–H and O–H groups in total. The maximum Gasteiger partial charge on any atom is 0.246 e. The lowest BCUT2D eigenvalue weighted by molar-refractivity contribution is -0.142. The molecule has 2 saturated heterocycles. The van der Waals surface area contributed by atoms with Gasteiger partial charge in [-0.3, -0.25) is 14.4 Å². The predicted octanol–water partition coefficient (Wildman–Crippen LogP) is 4.71. The number of anilines is 1. The molecule has 0 radical (unpaired) electrons. The average molecular weight is 566 g/mol. The number of carbonyl (C=O) groups is 3. The van der Waals surface area contributed by atoms with Crippen molar-refractivity contribution in [1.29, 1.82) is 0 Å². The Morgan fingerprint density at radius 1 is 1.12 bits per heavy atom. The minimum absolute atomic E-state index is 0.0402. The first-order chi connectivity index (χ1) is 19.2. The number of hydrogen-bond donors (Lipinski definition) is 2. The summed E-state index contributed by atoms with van der Waals surface area (Å²) < 4.78 is 21.2. The van der Waals surface area contributed by atoms with Gasteiger partial charge in [0.15, 0.2) is 0 Å². The molecule has 7 nitrogen and oxygen atoms in total. The van der Waals surface area contributed by atoms with Crippen LogP contribution in [-0.2, 0) is 25.7 Å². The standard InChI is InChI=1S/C31H33ClFN3O4/c1-17-7-5-12-23(18(17)2)35-29(38)27-31-14-13-24(40-31)25(28(37)34-21-10-6-9-20(32)15-21)26(31)30(39)36(27)16-19-8-3-4-11-22(19)33/h3-4,6,8-11,13-15,17-18,23-27H,5,7,12,16H2,1-2H3,(H,34,37)(H,35,38)/t17-,18+,23+,24+,25-,26+,27+,31+/m1/s1. The van der Waals surface area contributed by atoms with Gasteiger partial charge in [0.25, 0.3) is 0 Å². The highest BCUT2D eigenvalue weighted by atomic mass is 35.5. The molecular weight excluding hydrogens is 533 g/mol. The van der Waals surface area contributed by atoms with E-state index in [9.17, 15) is 18.8 Å². The van der Waals surface area contributed by atoms with Crippen LogP contribution in [0.15, 0.2) is 60.7 Å². The lowest BCUT2D eigenvalue weighted by Gasteiger charge is -2.38. The Kier molecular flexibility index (Phi) is 6.95. The van der Waals surface area contributed by atoms with Crippen LogP contribution in [0.4, 0.5) is 10.1 Å². The van der Waals surface area contributed by atoms with E-state index in [1.807, 2.05) is 0 Å². The molecule has 4 aliphatic rings. The van der Waals surface area contributed by atoms with Gasteiger partial charge in [-0.2, -0.15) is 0 Å². The molecule has 2 aromatic carbocycles. The molecule has 3 amide bonds. The molecule has 8 atom stereocenters. The zero-order valence-electron chi connectivity index (χ0n) is 22.5. The van der Waals surface area contributed by atoms with E-state index in [4.69, 9.17) is 16.3 Å². The number of carbonyl (C=O) groups excluding carboxylic acids is 3. The van der Waals surface area contributed by atoms with Crippen molar-refractivity contribution in [1.82, 2.24) is 10.2 Å². The first-order valence-corrected chi connectivity index (χ1v) is 14.4. The van der Waals surface area contributed by atoms with Gasteiger partial charge in [0.1, 0.15) is 17.5 Å². The van der Waals surface area contributed by atoms with Gasteiger partial charge < -0.3 is 20.3 Å². The maximum atomic E-state index is 14.8. The van der Waals surface area contributed by atoms with Gasteiger partial charge in [-0.05, 0) is 42.5 Å². The SMILES string of the molecule is C[C@H]1[C@H](C)CCC[C@@H]1NC(=O)[C@@H]1N(Cc2ccccc2F)C(=O)[C@@H]2[C@H](C(=O)Nc3cccc(Cl)c3)[C@@H]3C=C[C@]21O3. The Bertz CT molecular complexity index is 1380. The Balaban J connectivity index is 1.34. The van der Waals surface area contributed by atoms with Crippen LogP contribution >= 0.6 is 11.6 Å². The summed E-state index contributed by atoms with van der Waals surface area (Å²) in [5.41, 5.74) is -0.526. The number of rotatable bonds is 6. The van der Waals surface area contributed by atoms with Crippen molar-refractivity contribution < 1.29 is 23.5 Å². The normalized spacial score (nSPS) is 34.1. The molecule has 1 spiro atoms. The molecule has 3 heterocycles. The topological polar surface area (TPSA) is 87.7 Å².